The summed E-state index contributed by atoms with van der Waals surface area (Å²) < 4.78 is 19.4. The Hall–Kier alpha value is -6.05. The third-order valence-corrected chi connectivity index (χ3v) is 11.8. The Bertz CT molecular complexity index is 2430. The van der Waals surface area contributed by atoms with Gasteiger partial charge >= 0.3 is 0 Å². The van der Waals surface area contributed by atoms with E-state index >= 15 is 0 Å². The number of piperidine rings is 1. The average Bonchev–Trinajstić information content (AvgIpc) is 3.96. The van der Waals surface area contributed by atoms with Crippen molar-refractivity contribution in [3.05, 3.63) is 102 Å². The largest absolute Gasteiger partial charge is 0.382 e. The van der Waals surface area contributed by atoms with Gasteiger partial charge in [-0.1, -0.05) is 24.3 Å². The fourth-order valence-electron chi connectivity index (χ4n) is 7.85. The fourth-order valence-corrected chi connectivity index (χ4v) is 8.79. The molecule has 0 aliphatic carbocycles. The topological polar surface area (TPSA) is 213 Å². The lowest BCUT2D eigenvalue weighted by atomic mass is 10.0. The number of nitrogens with two attached hydrogens (primary N) is 1. The number of carbonyl (C=O) groups excluding carboxylic acids is 5. The summed E-state index contributed by atoms with van der Waals surface area (Å²) in [6.07, 6.45) is 7.32. The van der Waals surface area contributed by atoms with E-state index in [0.29, 0.717) is 73.2 Å². The van der Waals surface area contributed by atoms with Gasteiger partial charge in [0, 0.05) is 53.3 Å². The van der Waals surface area contributed by atoms with Gasteiger partial charge in [-0.2, -0.15) is 0 Å². The molecule has 0 saturated carbocycles. The first kappa shape index (κ1) is 41.7. The Morgan fingerprint density at radius 1 is 0.852 bits per heavy atom. The van der Waals surface area contributed by atoms with Crippen LogP contribution in [0.5, 0.6) is 0 Å². The smallest absolute Gasteiger partial charge is 0.263 e. The highest BCUT2D eigenvalue weighted by atomic mass is 32.2. The van der Waals surface area contributed by atoms with Crippen LogP contribution in [-0.4, -0.2) is 123 Å². The van der Waals surface area contributed by atoms with Gasteiger partial charge in [0.1, 0.15) is 34.7 Å². The van der Waals surface area contributed by atoms with Crippen LogP contribution in [0.15, 0.2) is 84.1 Å². The molecule has 316 valence electrons. The molecule has 3 aliphatic heterocycles. The zero-order chi connectivity index (χ0) is 42.3. The van der Waals surface area contributed by atoms with Gasteiger partial charge in [0.15, 0.2) is 0 Å². The zero-order valence-corrected chi connectivity index (χ0v) is 34.1. The Balaban J connectivity index is 0.753. The van der Waals surface area contributed by atoms with Crippen molar-refractivity contribution in [2.45, 2.75) is 42.7 Å². The number of amides is 5. The number of aromatic nitrogens is 4. The van der Waals surface area contributed by atoms with E-state index in [1.807, 2.05) is 28.8 Å². The van der Waals surface area contributed by atoms with Gasteiger partial charge in [-0.3, -0.25) is 43.5 Å². The molecule has 8 rings (SSSR count). The van der Waals surface area contributed by atoms with Crippen LogP contribution >= 0.6 is 11.8 Å². The number of nitrogens with one attached hydrogen (secondary N) is 2. The summed E-state index contributed by atoms with van der Waals surface area (Å²) >= 11 is 1.40. The molecular weight excluding hydrogens is 803 g/mol. The molecule has 2 fully saturated rings. The molecule has 2 atom stereocenters. The Kier molecular flexibility index (Phi) is 13.1. The molecular formula is C43H45N9O8S. The monoisotopic (exact) mass is 847 g/mol. The number of nitrogen functional groups attached to an aromatic ring is 1. The molecule has 0 spiro atoms. The Morgan fingerprint density at radius 2 is 1.64 bits per heavy atom. The van der Waals surface area contributed by atoms with E-state index in [0.717, 1.165) is 47.7 Å². The molecule has 2 saturated heterocycles. The predicted octanol–water partition coefficient (Wildman–Crippen LogP) is 4.01. The molecule has 5 aromatic rings. The number of carbonyl (C=O) groups is 5. The van der Waals surface area contributed by atoms with Crippen molar-refractivity contribution in [1.29, 1.82) is 0 Å². The van der Waals surface area contributed by atoms with Crippen molar-refractivity contribution in [1.82, 2.24) is 34.5 Å². The normalized spacial score (nSPS) is 17.9. The van der Waals surface area contributed by atoms with Crippen LogP contribution in [0, 0.1) is 0 Å². The molecule has 17 nitrogen and oxygen atoms in total. The van der Waals surface area contributed by atoms with Gasteiger partial charge in [-0.05, 0) is 62.2 Å². The Labute approximate surface area is 355 Å². The van der Waals surface area contributed by atoms with Crippen molar-refractivity contribution in [3.63, 3.8) is 0 Å². The van der Waals surface area contributed by atoms with Crippen molar-refractivity contribution >= 4 is 58.5 Å². The molecule has 3 aromatic heterocycles. The second-order valence-electron chi connectivity index (χ2n) is 14.6. The number of likely N-dealkylation sites (tertiary alicyclic amines) is 1. The number of anilines is 2. The number of fused-ring (bicyclic) bond motifs is 2. The minimum Gasteiger partial charge on any atom is -0.382 e. The van der Waals surface area contributed by atoms with Gasteiger partial charge < -0.3 is 25.3 Å². The first-order chi connectivity index (χ1) is 29.8. The lowest BCUT2D eigenvalue weighted by molar-refractivity contribution is -0.136. The number of imide groups is 2. The van der Waals surface area contributed by atoms with Crippen LogP contribution in [0.3, 0.4) is 0 Å². The molecule has 18 heteroatoms. The minimum atomic E-state index is -1.00. The van der Waals surface area contributed by atoms with Crippen LogP contribution in [0.2, 0.25) is 0 Å². The second-order valence-corrected chi connectivity index (χ2v) is 15.7. The highest BCUT2D eigenvalue weighted by Gasteiger charge is 2.45. The van der Waals surface area contributed by atoms with E-state index in [4.69, 9.17) is 24.9 Å². The lowest BCUT2D eigenvalue weighted by Gasteiger charge is -2.27. The number of nitrogens with zero attached hydrogens (tertiary/aromatic N) is 6. The summed E-state index contributed by atoms with van der Waals surface area (Å²) in [4.78, 5) is 80.8. The third-order valence-electron chi connectivity index (χ3n) is 10.8. The van der Waals surface area contributed by atoms with E-state index in [2.05, 4.69) is 25.5 Å². The van der Waals surface area contributed by atoms with E-state index < -0.39 is 29.7 Å². The number of hydrogen-bond donors (Lipinski definition) is 3. The maximum atomic E-state index is 13.3. The van der Waals surface area contributed by atoms with E-state index in [1.165, 1.54) is 11.8 Å². The number of benzene rings is 2. The summed E-state index contributed by atoms with van der Waals surface area (Å²) in [5.41, 5.74) is 9.70. The van der Waals surface area contributed by atoms with Gasteiger partial charge in [0.05, 0.1) is 56.8 Å². The molecule has 61 heavy (non-hydrogen) atoms. The fraction of sp³-hybridized carbons (Fsp3) is 0.349. The zero-order valence-electron chi connectivity index (χ0n) is 33.3. The molecule has 6 heterocycles. The standard InChI is InChI=1S/C43H45N9O8S/c44-38-37-36(27-9-11-28(12-10-27)40(54)47-33-8-1-2-15-45-33)49-39(51(37)18-16-46-38)30-6-4-17-50(30)19-20-58-21-22-59-23-24-60-25-26-61-32-7-3-5-29-35(32)43(57)52(42(29)56)31-13-14-34(53)48-41(31)55/h1-3,5,7-12,15-16,18,30-31H,4,6,13-14,17,19-26H2,(H2,44,46)(H,45,47,54)(H,48,53,55)/t30-,31?/m0/s1. The number of ether oxygens (including phenoxy) is 3. The minimum absolute atomic E-state index is 0.0555. The van der Waals surface area contributed by atoms with Gasteiger partial charge in [0.25, 0.3) is 17.7 Å². The molecule has 0 bridgehead atoms. The SMILES string of the molecule is Nc1nccn2c([C@@H]3CCCN3CCOCCOCCOCCSc3cccc4c3C(=O)N(C3CCC(=O)NC3=O)C4=O)nc(-c3ccc(C(=O)Nc4ccccn4)cc3)c12. The summed E-state index contributed by atoms with van der Waals surface area (Å²) in [6.45, 7) is 4.19. The number of hydrogen-bond acceptors (Lipinski definition) is 14. The summed E-state index contributed by atoms with van der Waals surface area (Å²) in [5, 5.41) is 5.03. The molecule has 3 aliphatic rings. The van der Waals surface area contributed by atoms with E-state index in [1.54, 1.807) is 54.9 Å². The first-order valence-electron chi connectivity index (χ1n) is 20.2. The van der Waals surface area contributed by atoms with Gasteiger partial charge in [0.2, 0.25) is 11.8 Å². The number of imidazole rings is 1. The van der Waals surface area contributed by atoms with Crippen LogP contribution in [0.25, 0.3) is 16.8 Å². The highest BCUT2D eigenvalue weighted by molar-refractivity contribution is 7.99. The maximum Gasteiger partial charge on any atom is 0.263 e. The van der Waals surface area contributed by atoms with Crippen molar-refractivity contribution in [2.24, 2.45) is 0 Å². The molecule has 1 unspecified atom stereocenters. The highest BCUT2D eigenvalue weighted by Crippen LogP contribution is 2.37. The van der Waals surface area contributed by atoms with Crippen molar-refractivity contribution in [2.75, 3.05) is 69.5 Å². The lowest BCUT2D eigenvalue weighted by Crippen LogP contribution is -2.54. The quantitative estimate of drug-likeness (QED) is 0.0647. The molecule has 4 N–H and O–H groups in total. The molecule has 5 amide bonds. The van der Waals surface area contributed by atoms with Gasteiger partial charge in [-0.25, -0.2) is 15.0 Å². The summed E-state index contributed by atoms with van der Waals surface area (Å²) in [7, 11) is 0. The van der Waals surface area contributed by atoms with Crippen molar-refractivity contribution in [3.8, 4) is 11.3 Å². The van der Waals surface area contributed by atoms with E-state index in [-0.39, 0.29) is 35.9 Å². The molecule has 0 radical (unpaired) electrons. The van der Waals surface area contributed by atoms with Crippen LogP contribution in [-0.2, 0) is 23.8 Å². The van der Waals surface area contributed by atoms with Crippen LogP contribution in [0.1, 0.15) is 68.6 Å². The average molecular weight is 848 g/mol. The summed E-state index contributed by atoms with van der Waals surface area (Å²) in [6, 6.07) is 16.7. The van der Waals surface area contributed by atoms with Crippen LogP contribution < -0.4 is 16.4 Å². The third kappa shape index (κ3) is 9.18. The van der Waals surface area contributed by atoms with Crippen molar-refractivity contribution < 1.29 is 38.2 Å². The molecule has 2 aromatic carbocycles. The number of pyridine rings is 1. The van der Waals surface area contributed by atoms with Gasteiger partial charge in [-0.15, -0.1) is 11.8 Å². The summed E-state index contributed by atoms with van der Waals surface area (Å²) in [5.74, 6) is -0.0845. The van der Waals surface area contributed by atoms with E-state index in [9.17, 15) is 24.0 Å². The predicted molar refractivity (Wildman–Crippen MR) is 225 cm³/mol. The number of thioether (sulfide) groups is 1. The Morgan fingerprint density at radius 3 is 2.41 bits per heavy atom. The van der Waals surface area contributed by atoms with Crippen LogP contribution in [0.4, 0.5) is 11.6 Å². The number of rotatable bonds is 18. The second kappa shape index (κ2) is 19.1. The maximum absolute atomic E-state index is 13.3. The first-order valence-corrected chi connectivity index (χ1v) is 21.2.